The Hall–Kier alpha value is -0.830. The van der Waals surface area contributed by atoms with Crippen LogP contribution in [0, 0.1) is 6.92 Å². The molecule has 1 unspecified atom stereocenters. The van der Waals surface area contributed by atoms with Gasteiger partial charge in [-0.1, -0.05) is 6.92 Å². The van der Waals surface area contributed by atoms with Gasteiger partial charge < -0.3 is 5.11 Å². The summed E-state index contributed by atoms with van der Waals surface area (Å²) in [6, 6.07) is 2.80. The topological polar surface area (TPSA) is 38.0 Å². The predicted molar refractivity (Wildman–Crippen MR) is 62.1 cm³/mol. The van der Waals surface area contributed by atoms with E-state index in [2.05, 4.69) is 36.6 Å². The van der Waals surface area contributed by atoms with Crippen molar-refractivity contribution in [2.75, 3.05) is 7.11 Å². The Bertz CT molecular complexity index is 303. The highest BCUT2D eigenvalue weighted by Crippen LogP contribution is 2.39. The van der Waals surface area contributed by atoms with Crippen molar-refractivity contribution in [2.24, 2.45) is 0 Å². The van der Waals surface area contributed by atoms with Crippen LogP contribution in [0.5, 0.6) is 0 Å². The largest absolute Gasteiger partial charge is 0.400 e. The van der Waals surface area contributed by atoms with Crippen LogP contribution >= 0.6 is 0 Å². The van der Waals surface area contributed by atoms with Crippen LogP contribution in [0.4, 0.5) is 0 Å². The third-order valence-corrected chi connectivity index (χ3v) is 2.95. The van der Waals surface area contributed by atoms with Crippen molar-refractivity contribution in [3.63, 3.8) is 0 Å². The standard InChI is InChI=1S/C11H18N2.CH4O/c1-4-8(2)13-9(3)7-11(12-13)10-5-6-10;1-2/h7-8,10H,4-6H2,1-3H3;2H,1H3. The molecule has 0 aromatic carbocycles. The third kappa shape index (κ3) is 2.81. The molecule has 2 rings (SSSR count). The van der Waals surface area contributed by atoms with Gasteiger partial charge in [0.2, 0.25) is 0 Å². The molecule has 15 heavy (non-hydrogen) atoms. The Labute approximate surface area is 92.1 Å². The lowest BCUT2D eigenvalue weighted by Gasteiger charge is -2.10. The van der Waals surface area contributed by atoms with Crippen molar-refractivity contribution in [3.05, 3.63) is 17.5 Å². The zero-order chi connectivity index (χ0) is 11.4. The first-order valence-electron chi connectivity index (χ1n) is 5.73. The van der Waals surface area contributed by atoms with Crippen LogP contribution in [0.1, 0.15) is 56.5 Å². The molecule has 1 fully saturated rings. The van der Waals surface area contributed by atoms with Crippen LogP contribution in [0.25, 0.3) is 0 Å². The van der Waals surface area contributed by atoms with E-state index in [0.717, 1.165) is 19.4 Å². The van der Waals surface area contributed by atoms with E-state index >= 15 is 0 Å². The fraction of sp³-hybridized carbons (Fsp3) is 0.750. The predicted octanol–water partition coefficient (Wildman–Crippen LogP) is 2.65. The number of rotatable bonds is 3. The molecule has 1 aliphatic rings. The fourth-order valence-electron chi connectivity index (χ4n) is 1.71. The molecule has 0 radical (unpaired) electrons. The van der Waals surface area contributed by atoms with E-state index in [9.17, 15) is 0 Å². The van der Waals surface area contributed by atoms with Gasteiger partial charge in [-0.3, -0.25) is 4.68 Å². The van der Waals surface area contributed by atoms with Crippen LogP contribution in [-0.4, -0.2) is 22.0 Å². The minimum absolute atomic E-state index is 0.549. The number of nitrogens with zero attached hydrogens (tertiary/aromatic N) is 2. The molecule has 0 bridgehead atoms. The van der Waals surface area contributed by atoms with Gasteiger partial charge in [0.1, 0.15) is 0 Å². The molecule has 0 amide bonds. The average Bonchev–Trinajstić information content (AvgIpc) is 3.04. The summed E-state index contributed by atoms with van der Waals surface area (Å²) in [5.41, 5.74) is 2.63. The van der Waals surface area contributed by atoms with Crippen molar-refractivity contribution < 1.29 is 5.11 Å². The zero-order valence-corrected chi connectivity index (χ0v) is 10.2. The van der Waals surface area contributed by atoms with E-state index in [1.807, 2.05) is 0 Å². The van der Waals surface area contributed by atoms with Crippen molar-refractivity contribution in [2.45, 2.75) is 52.0 Å². The maximum absolute atomic E-state index is 7.00. The van der Waals surface area contributed by atoms with Crippen LogP contribution in [0.15, 0.2) is 6.07 Å². The molecule has 3 nitrogen and oxygen atoms in total. The van der Waals surface area contributed by atoms with E-state index in [4.69, 9.17) is 5.11 Å². The molecule has 0 saturated heterocycles. The van der Waals surface area contributed by atoms with E-state index in [1.54, 1.807) is 0 Å². The molecule has 86 valence electrons. The van der Waals surface area contributed by atoms with Gasteiger partial charge in [0.05, 0.1) is 5.69 Å². The number of aliphatic hydroxyl groups is 1. The Morgan fingerprint density at radius 1 is 1.53 bits per heavy atom. The summed E-state index contributed by atoms with van der Waals surface area (Å²) >= 11 is 0. The first kappa shape index (κ1) is 12.2. The highest BCUT2D eigenvalue weighted by molar-refractivity contribution is 5.18. The van der Waals surface area contributed by atoms with Gasteiger partial charge in [-0.2, -0.15) is 5.10 Å². The summed E-state index contributed by atoms with van der Waals surface area (Å²) in [6.45, 7) is 6.60. The summed E-state index contributed by atoms with van der Waals surface area (Å²) in [7, 11) is 1.00. The van der Waals surface area contributed by atoms with Crippen LogP contribution in [0.2, 0.25) is 0 Å². The van der Waals surface area contributed by atoms with Gasteiger partial charge in [0.15, 0.2) is 0 Å². The normalized spacial score (nSPS) is 16.9. The molecule has 0 aliphatic heterocycles. The molecule has 1 aromatic heterocycles. The first-order chi connectivity index (χ1) is 7.22. The lowest BCUT2D eigenvalue weighted by molar-refractivity contribution is 0.399. The zero-order valence-electron chi connectivity index (χ0n) is 10.2. The molecule has 1 aromatic rings. The van der Waals surface area contributed by atoms with Crippen molar-refractivity contribution in [1.82, 2.24) is 9.78 Å². The van der Waals surface area contributed by atoms with Gasteiger partial charge in [0.25, 0.3) is 0 Å². The lowest BCUT2D eigenvalue weighted by atomic mass is 10.2. The van der Waals surface area contributed by atoms with Gasteiger partial charge in [-0.05, 0) is 39.2 Å². The number of hydrogen-bond acceptors (Lipinski definition) is 2. The minimum atomic E-state index is 0.549. The second-order valence-electron chi connectivity index (χ2n) is 4.19. The van der Waals surface area contributed by atoms with Crippen molar-refractivity contribution in [1.29, 1.82) is 0 Å². The molecule has 1 saturated carbocycles. The summed E-state index contributed by atoms with van der Waals surface area (Å²) in [6.07, 6.45) is 3.85. The van der Waals surface area contributed by atoms with E-state index < -0.39 is 0 Å². The van der Waals surface area contributed by atoms with E-state index in [1.165, 1.54) is 24.2 Å². The molecule has 1 N–H and O–H groups in total. The van der Waals surface area contributed by atoms with Crippen LogP contribution in [-0.2, 0) is 0 Å². The maximum atomic E-state index is 7.00. The number of aryl methyl sites for hydroxylation is 1. The molecule has 3 heteroatoms. The van der Waals surface area contributed by atoms with Crippen molar-refractivity contribution >= 4 is 0 Å². The van der Waals surface area contributed by atoms with E-state index in [0.29, 0.717) is 6.04 Å². The monoisotopic (exact) mass is 210 g/mol. The Balaban J connectivity index is 0.000000531. The molecule has 1 atom stereocenters. The first-order valence-corrected chi connectivity index (χ1v) is 5.73. The quantitative estimate of drug-likeness (QED) is 0.833. The van der Waals surface area contributed by atoms with Crippen LogP contribution < -0.4 is 0 Å². The third-order valence-electron chi connectivity index (χ3n) is 2.95. The molecule has 0 spiro atoms. The van der Waals surface area contributed by atoms with E-state index in [-0.39, 0.29) is 0 Å². The number of aromatic nitrogens is 2. The van der Waals surface area contributed by atoms with Gasteiger partial charge in [-0.15, -0.1) is 0 Å². The Morgan fingerprint density at radius 2 is 2.13 bits per heavy atom. The average molecular weight is 210 g/mol. The van der Waals surface area contributed by atoms with Crippen molar-refractivity contribution in [3.8, 4) is 0 Å². The highest BCUT2D eigenvalue weighted by Gasteiger charge is 2.27. The number of hydrogen-bond donors (Lipinski definition) is 1. The van der Waals surface area contributed by atoms with Gasteiger partial charge in [-0.25, -0.2) is 0 Å². The maximum Gasteiger partial charge on any atom is 0.0658 e. The van der Waals surface area contributed by atoms with Gasteiger partial charge in [0, 0.05) is 24.8 Å². The number of aliphatic hydroxyl groups excluding tert-OH is 1. The smallest absolute Gasteiger partial charge is 0.0658 e. The summed E-state index contributed by atoms with van der Waals surface area (Å²) in [4.78, 5) is 0. The van der Waals surface area contributed by atoms with Gasteiger partial charge >= 0.3 is 0 Å². The Morgan fingerprint density at radius 3 is 2.60 bits per heavy atom. The SMILES string of the molecule is CCC(C)n1nc(C2CC2)cc1C.CO. The minimum Gasteiger partial charge on any atom is -0.400 e. The summed E-state index contributed by atoms with van der Waals surface area (Å²) < 4.78 is 2.17. The lowest BCUT2D eigenvalue weighted by Crippen LogP contribution is -2.07. The molecule has 1 aliphatic carbocycles. The Kier molecular flexibility index (Phi) is 4.33. The van der Waals surface area contributed by atoms with Crippen LogP contribution in [0.3, 0.4) is 0 Å². The highest BCUT2D eigenvalue weighted by atomic mass is 16.2. The summed E-state index contributed by atoms with van der Waals surface area (Å²) in [5.74, 6) is 0.781. The fourth-order valence-corrected chi connectivity index (χ4v) is 1.71. The summed E-state index contributed by atoms with van der Waals surface area (Å²) in [5, 5.41) is 11.7. The second kappa shape index (κ2) is 5.31. The molecular formula is C12H22N2O. The molecule has 1 heterocycles. The second-order valence-corrected chi connectivity index (χ2v) is 4.19. The molecular weight excluding hydrogens is 188 g/mol.